The number of fused-ring (bicyclic) bond motifs is 2. The third-order valence-electron chi connectivity index (χ3n) is 5.68. The number of rotatable bonds is 8. The number of esters is 1. The minimum Gasteiger partial charge on any atom is -0.495 e. The van der Waals surface area contributed by atoms with Crippen LogP contribution in [-0.2, 0) is 11.3 Å². The van der Waals surface area contributed by atoms with Crippen LogP contribution in [-0.4, -0.2) is 24.8 Å². The molecule has 174 valence electrons. The highest BCUT2D eigenvalue weighted by Crippen LogP contribution is 2.44. The van der Waals surface area contributed by atoms with E-state index in [4.69, 9.17) is 18.9 Å². The standard InChI is InChI=1S/C26H34O6/c1-7-16(4)13-30-22-12-17(5)11-18-14-31-26(28)23-21(32-24(18)22)9-8-19(25(23)29-6)20(27)10-15(2)3/h8-9,11-12,15-16,20,27H,7,10,13-14H2,1-6H3/t16?,20-/m0/s1. The summed E-state index contributed by atoms with van der Waals surface area (Å²) in [6.07, 6.45) is 0.784. The van der Waals surface area contributed by atoms with Crippen molar-refractivity contribution in [3.05, 3.63) is 46.5 Å². The Labute approximate surface area is 190 Å². The van der Waals surface area contributed by atoms with Crippen molar-refractivity contribution in [2.45, 2.75) is 60.2 Å². The molecule has 2 aromatic rings. The van der Waals surface area contributed by atoms with Gasteiger partial charge in [0.1, 0.15) is 23.7 Å². The number of benzene rings is 2. The molecular formula is C26H34O6. The summed E-state index contributed by atoms with van der Waals surface area (Å²) < 4.78 is 23.6. The van der Waals surface area contributed by atoms with Gasteiger partial charge in [-0.1, -0.05) is 34.1 Å². The number of carbonyl (C=O) groups excluding carboxylic acids is 1. The molecule has 0 spiro atoms. The van der Waals surface area contributed by atoms with Crippen LogP contribution in [0.2, 0.25) is 0 Å². The van der Waals surface area contributed by atoms with Gasteiger partial charge in [-0.05, 0) is 55.0 Å². The molecule has 0 aromatic heterocycles. The van der Waals surface area contributed by atoms with Gasteiger partial charge in [0.05, 0.1) is 19.8 Å². The smallest absolute Gasteiger partial charge is 0.346 e. The van der Waals surface area contributed by atoms with E-state index < -0.39 is 12.1 Å². The Morgan fingerprint density at radius 1 is 1.19 bits per heavy atom. The second-order valence-corrected chi connectivity index (χ2v) is 8.96. The lowest BCUT2D eigenvalue weighted by atomic mass is 9.96. The van der Waals surface area contributed by atoms with Crippen LogP contribution in [0.25, 0.3) is 0 Å². The zero-order valence-corrected chi connectivity index (χ0v) is 19.9. The fraction of sp³-hybridized carbons (Fsp3) is 0.500. The van der Waals surface area contributed by atoms with Crippen molar-refractivity contribution in [3.63, 3.8) is 0 Å². The fourth-order valence-electron chi connectivity index (χ4n) is 3.73. The van der Waals surface area contributed by atoms with Gasteiger partial charge in [-0.2, -0.15) is 0 Å². The van der Waals surface area contributed by atoms with E-state index in [0.29, 0.717) is 41.8 Å². The number of ether oxygens (including phenoxy) is 4. The zero-order valence-electron chi connectivity index (χ0n) is 19.9. The molecule has 32 heavy (non-hydrogen) atoms. The van der Waals surface area contributed by atoms with Crippen LogP contribution in [0, 0.1) is 18.8 Å². The quantitative estimate of drug-likeness (QED) is 0.508. The van der Waals surface area contributed by atoms with Crippen LogP contribution in [0.5, 0.6) is 23.0 Å². The maximum Gasteiger partial charge on any atom is 0.346 e. The third kappa shape index (κ3) is 5.18. The number of hydrogen-bond acceptors (Lipinski definition) is 6. The first kappa shape index (κ1) is 23.9. The van der Waals surface area contributed by atoms with Crippen molar-refractivity contribution in [1.29, 1.82) is 0 Å². The highest BCUT2D eigenvalue weighted by molar-refractivity contribution is 5.96. The number of aryl methyl sites for hydroxylation is 1. The molecule has 1 aliphatic rings. The average Bonchev–Trinajstić information content (AvgIpc) is 2.75. The van der Waals surface area contributed by atoms with Crippen molar-refractivity contribution in [1.82, 2.24) is 0 Å². The van der Waals surface area contributed by atoms with Crippen molar-refractivity contribution in [3.8, 4) is 23.0 Å². The summed E-state index contributed by atoms with van der Waals surface area (Å²) in [7, 11) is 1.48. The molecule has 0 amide bonds. The Hall–Kier alpha value is -2.73. The van der Waals surface area contributed by atoms with E-state index in [1.807, 2.05) is 32.9 Å². The second-order valence-electron chi connectivity index (χ2n) is 8.96. The predicted octanol–water partition coefficient (Wildman–Crippen LogP) is 5.97. The molecule has 1 heterocycles. The number of cyclic esters (lactones) is 1. The molecule has 0 radical (unpaired) electrons. The van der Waals surface area contributed by atoms with Gasteiger partial charge < -0.3 is 24.1 Å². The third-order valence-corrected chi connectivity index (χ3v) is 5.68. The average molecular weight is 443 g/mol. The molecule has 1 unspecified atom stereocenters. The molecule has 6 heteroatoms. The summed E-state index contributed by atoms with van der Waals surface area (Å²) in [5.74, 6) is 1.86. The van der Waals surface area contributed by atoms with Gasteiger partial charge in [0.2, 0.25) is 0 Å². The predicted molar refractivity (Wildman–Crippen MR) is 123 cm³/mol. The molecule has 0 aliphatic carbocycles. The molecule has 2 atom stereocenters. The minimum absolute atomic E-state index is 0.0525. The molecule has 1 aliphatic heterocycles. The van der Waals surface area contributed by atoms with E-state index in [-0.39, 0.29) is 23.8 Å². The van der Waals surface area contributed by atoms with Gasteiger partial charge in [-0.15, -0.1) is 0 Å². The lowest BCUT2D eigenvalue weighted by molar-refractivity contribution is 0.0453. The molecular weight excluding hydrogens is 408 g/mol. The molecule has 0 bridgehead atoms. The van der Waals surface area contributed by atoms with E-state index in [0.717, 1.165) is 17.5 Å². The van der Waals surface area contributed by atoms with Gasteiger partial charge in [0.15, 0.2) is 11.5 Å². The van der Waals surface area contributed by atoms with Crippen LogP contribution < -0.4 is 14.2 Å². The molecule has 0 saturated carbocycles. The number of aliphatic hydroxyl groups excluding tert-OH is 1. The van der Waals surface area contributed by atoms with E-state index in [1.165, 1.54) is 7.11 Å². The van der Waals surface area contributed by atoms with Crippen molar-refractivity contribution in [2.75, 3.05) is 13.7 Å². The summed E-state index contributed by atoms with van der Waals surface area (Å²) >= 11 is 0. The topological polar surface area (TPSA) is 74.2 Å². The lowest BCUT2D eigenvalue weighted by Gasteiger charge is -2.24. The van der Waals surface area contributed by atoms with Crippen LogP contribution in [0.1, 0.15) is 73.7 Å². The number of methoxy groups -OCH3 is 1. The maximum absolute atomic E-state index is 13.0. The van der Waals surface area contributed by atoms with Crippen molar-refractivity contribution < 1.29 is 28.8 Å². The summed E-state index contributed by atoms with van der Waals surface area (Å²) in [5.41, 5.74) is 2.45. The zero-order chi connectivity index (χ0) is 23.4. The molecule has 6 nitrogen and oxygen atoms in total. The Balaban J connectivity index is 2.07. The van der Waals surface area contributed by atoms with Crippen LogP contribution in [0.15, 0.2) is 24.3 Å². The number of aliphatic hydroxyl groups is 1. The Bertz CT molecular complexity index is 965. The Kier molecular flexibility index (Phi) is 7.67. The maximum atomic E-state index is 13.0. The SMILES string of the molecule is CCC(C)COc1cc(C)cc2c1Oc1ccc([C@@H](O)CC(C)C)c(OC)c1C(=O)OC2. The molecule has 3 rings (SSSR count). The minimum atomic E-state index is -0.766. The largest absolute Gasteiger partial charge is 0.495 e. The van der Waals surface area contributed by atoms with Crippen molar-refractivity contribution >= 4 is 5.97 Å². The number of hydrogen-bond donors (Lipinski definition) is 1. The molecule has 1 N–H and O–H groups in total. The summed E-state index contributed by atoms with van der Waals surface area (Å²) in [6, 6.07) is 7.29. The molecule has 2 aromatic carbocycles. The van der Waals surface area contributed by atoms with Gasteiger partial charge in [0.25, 0.3) is 0 Å². The van der Waals surface area contributed by atoms with Crippen LogP contribution >= 0.6 is 0 Å². The first-order chi connectivity index (χ1) is 15.2. The summed E-state index contributed by atoms with van der Waals surface area (Å²) in [6.45, 7) is 10.9. The van der Waals surface area contributed by atoms with E-state index in [1.54, 1.807) is 12.1 Å². The van der Waals surface area contributed by atoms with Crippen LogP contribution in [0.4, 0.5) is 0 Å². The van der Waals surface area contributed by atoms with Gasteiger partial charge in [0, 0.05) is 11.1 Å². The van der Waals surface area contributed by atoms with Gasteiger partial charge in [-0.3, -0.25) is 0 Å². The van der Waals surface area contributed by atoms with Crippen molar-refractivity contribution in [2.24, 2.45) is 11.8 Å². The first-order valence-electron chi connectivity index (χ1n) is 11.2. The van der Waals surface area contributed by atoms with E-state index in [2.05, 4.69) is 13.8 Å². The Morgan fingerprint density at radius 2 is 1.94 bits per heavy atom. The Morgan fingerprint density at radius 3 is 2.59 bits per heavy atom. The highest BCUT2D eigenvalue weighted by atomic mass is 16.6. The first-order valence-corrected chi connectivity index (χ1v) is 11.2. The highest BCUT2D eigenvalue weighted by Gasteiger charge is 2.30. The summed E-state index contributed by atoms with van der Waals surface area (Å²) in [4.78, 5) is 13.0. The van der Waals surface area contributed by atoms with Gasteiger partial charge >= 0.3 is 5.97 Å². The monoisotopic (exact) mass is 442 g/mol. The second kappa shape index (κ2) is 10.3. The molecule has 0 fully saturated rings. The normalized spacial score (nSPS) is 14.9. The molecule has 0 saturated heterocycles. The number of carbonyl (C=O) groups is 1. The fourth-order valence-corrected chi connectivity index (χ4v) is 3.73. The van der Waals surface area contributed by atoms with Crippen LogP contribution in [0.3, 0.4) is 0 Å². The lowest BCUT2D eigenvalue weighted by Crippen LogP contribution is -2.16. The van der Waals surface area contributed by atoms with E-state index in [9.17, 15) is 9.90 Å². The van der Waals surface area contributed by atoms with E-state index >= 15 is 0 Å². The summed E-state index contributed by atoms with van der Waals surface area (Å²) in [5, 5.41) is 10.7. The van der Waals surface area contributed by atoms with Gasteiger partial charge in [-0.25, -0.2) is 4.79 Å².